The number of carbonyl (C=O) groups is 1. The van der Waals surface area contributed by atoms with Crippen LogP contribution < -0.4 is 5.73 Å². The van der Waals surface area contributed by atoms with Crippen LogP contribution in [-0.4, -0.2) is 16.1 Å². The van der Waals surface area contributed by atoms with E-state index in [0.29, 0.717) is 6.54 Å². The van der Waals surface area contributed by atoms with Gasteiger partial charge in [0.05, 0.1) is 5.69 Å². The number of pyridine rings is 1. The summed E-state index contributed by atoms with van der Waals surface area (Å²) in [6.07, 6.45) is 1.74. The minimum Gasteiger partial charge on any atom is -0.481 e. The number of aromatic nitrogens is 1. The molecule has 0 unspecified atom stereocenters. The Morgan fingerprint density at radius 3 is 2.50 bits per heavy atom. The molecule has 0 aliphatic heterocycles. The number of aliphatic carboxylic acids is 1. The third kappa shape index (κ3) is 6.70. The van der Waals surface area contributed by atoms with Crippen molar-refractivity contribution in [3.63, 3.8) is 0 Å². The third-order valence-corrected chi connectivity index (χ3v) is 0.935. The smallest absolute Gasteiger partial charge is 0.300 e. The Hall–Kier alpha value is -1.42. The summed E-state index contributed by atoms with van der Waals surface area (Å²) in [6, 6.07) is 5.70. The number of carboxylic acids is 1. The van der Waals surface area contributed by atoms with Crippen molar-refractivity contribution in [2.75, 3.05) is 0 Å². The first-order chi connectivity index (χ1) is 5.66. The molecule has 0 bridgehead atoms. The van der Waals surface area contributed by atoms with Crippen molar-refractivity contribution < 1.29 is 9.90 Å². The summed E-state index contributed by atoms with van der Waals surface area (Å²) in [5.41, 5.74) is 6.22. The second-order valence-electron chi connectivity index (χ2n) is 2.04. The average Bonchev–Trinajstić information content (AvgIpc) is 2.05. The summed E-state index contributed by atoms with van der Waals surface area (Å²) in [7, 11) is 0. The zero-order valence-corrected chi connectivity index (χ0v) is 6.90. The molecule has 0 aromatic carbocycles. The van der Waals surface area contributed by atoms with E-state index in [0.717, 1.165) is 12.6 Å². The fourth-order valence-electron chi connectivity index (χ4n) is 0.519. The number of carboxylic acid groups (broad SMARTS) is 1. The van der Waals surface area contributed by atoms with Crippen LogP contribution in [0.1, 0.15) is 12.6 Å². The lowest BCUT2D eigenvalue weighted by molar-refractivity contribution is -0.134. The van der Waals surface area contributed by atoms with E-state index in [-0.39, 0.29) is 0 Å². The molecular weight excluding hydrogens is 156 g/mol. The number of nitrogens with two attached hydrogens (primary N) is 1. The van der Waals surface area contributed by atoms with Crippen LogP contribution in [0.25, 0.3) is 0 Å². The van der Waals surface area contributed by atoms with Gasteiger partial charge >= 0.3 is 0 Å². The van der Waals surface area contributed by atoms with Crippen LogP contribution in [0.15, 0.2) is 24.4 Å². The fourth-order valence-corrected chi connectivity index (χ4v) is 0.519. The summed E-state index contributed by atoms with van der Waals surface area (Å²) in [5.74, 6) is -0.833. The molecule has 3 N–H and O–H groups in total. The van der Waals surface area contributed by atoms with Crippen molar-refractivity contribution >= 4 is 5.97 Å². The molecule has 4 nitrogen and oxygen atoms in total. The van der Waals surface area contributed by atoms with Crippen molar-refractivity contribution in [1.82, 2.24) is 4.98 Å². The van der Waals surface area contributed by atoms with E-state index in [4.69, 9.17) is 15.6 Å². The van der Waals surface area contributed by atoms with Crippen LogP contribution in [0.3, 0.4) is 0 Å². The Labute approximate surface area is 71.0 Å². The molecule has 0 aliphatic carbocycles. The minimum absolute atomic E-state index is 0.529. The van der Waals surface area contributed by atoms with E-state index < -0.39 is 5.97 Å². The number of nitrogens with zero attached hydrogens (tertiary/aromatic N) is 1. The maximum atomic E-state index is 9.00. The second kappa shape index (κ2) is 6.30. The van der Waals surface area contributed by atoms with Crippen molar-refractivity contribution in [3.05, 3.63) is 30.1 Å². The number of hydrogen-bond donors (Lipinski definition) is 2. The van der Waals surface area contributed by atoms with Crippen LogP contribution >= 0.6 is 0 Å². The van der Waals surface area contributed by atoms with Gasteiger partial charge in [-0.1, -0.05) is 6.07 Å². The first kappa shape index (κ1) is 10.6. The van der Waals surface area contributed by atoms with Crippen molar-refractivity contribution in [2.24, 2.45) is 5.73 Å². The summed E-state index contributed by atoms with van der Waals surface area (Å²) in [5, 5.41) is 7.42. The van der Waals surface area contributed by atoms with E-state index in [1.165, 1.54) is 0 Å². The van der Waals surface area contributed by atoms with Gasteiger partial charge in [-0.3, -0.25) is 9.78 Å². The molecule has 1 heterocycles. The van der Waals surface area contributed by atoms with Crippen molar-refractivity contribution in [2.45, 2.75) is 13.5 Å². The quantitative estimate of drug-likeness (QED) is 0.644. The van der Waals surface area contributed by atoms with Gasteiger partial charge in [-0.05, 0) is 12.1 Å². The monoisotopic (exact) mass is 168 g/mol. The molecule has 4 heteroatoms. The van der Waals surface area contributed by atoms with E-state index in [2.05, 4.69) is 4.98 Å². The van der Waals surface area contributed by atoms with E-state index >= 15 is 0 Å². The molecule has 1 rings (SSSR count). The topological polar surface area (TPSA) is 76.2 Å². The molecular formula is C8H12N2O2. The molecule has 0 saturated carbocycles. The first-order valence-electron chi connectivity index (χ1n) is 3.46. The normalized spacial score (nSPS) is 8.17. The molecule has 0 aliphatic rings. The average molecular weight is 168 g/mol. The highest BCUT2D eigenvalue weighted by Crippen LogP contribution is 1.88. The predicted molar refractivity (Wildman–Crippen MR) is 45.4 cm³/mol. The van der Waals surface area contributed by atoms with Crippen molar-refractivity contribution in [3.8, 4) is 0 Å². The highest BCUT2D eigenvalue weighted by atomic mass is 16.4. The van der Waals surface area contributed by atoms with Crippen molar-refractivity contribution in [1.29, 1.82) is 0 Å². The lowest BCUT2D eigenvalue weighted by Gasteiger charge is -1.89. The summed E-state index contributed by atoms with van der Waals surface area (Å²) >= 11 is 0. The van der Waals surface area contributed by atoms with Gasteiger partial charge in [0.1, 0.15) is 0 Å². The lowest BCUT2D eigenvalue weighted by Crippen LogP contribution is -1.97. The molecule has 0 saturated heterocycles. The fraction of sp³-hybridized carbons (Fsp3) is 0.250. The summed E-state index contributed by atoms with van der Waals surface area (Å²) in [4.78, 5) is 13.0. The zero-order valence-electron chi connectivity index (χ0n) is 6.90. The molecule has 12 heavy (non-hydrogen) atoms. The Morgan fingerprint density at radius 2 is 2.25 bits per heavy atom. The first-order valence-corrected chi connectivity index (χ1v) is 3.46. The molecule has 1 aromatic heterocycles. The van der Waals surface area contributed by atoms with E-state index in [1.807, 2.05) is 18.2 Å². The number of rotatable bonds is 1. The standard InChI is InChI=1S/C6H8N2.C2H4O2/c7-5-6-3-1-2-4-8-6;1-2(3)4/h1-4H,5,7H2;1H3,(H,3,4). The molecule has 66 valence electrons. The van der Waals surface area contributed by atoms with Gasteiger partial charge in [0, 0.05) is 19.7 Å². The summed E-state index contributed by atoms with van der Waals surface area (Å²) < 4.78 is 0. The molecule has 0 spiro atoms. The van der Waals surface area contributed by atoms with Gasteiger partial charge in [-0.2, -0.15) is 0 Å². The second-order valence-corrected chi connectivity index (χ2v) is 2.04. The molecule has 1 aromatic rings. The Balaban J connectivity index is 0.000000261. The minimum atomic E-state index is -0.833. The van der Waals surface area contributed by atoms with Gasteiger partial charge in [-0.15, -0.1) is 0 Å². The van der Waals surface area contributed by atoms with Crippen LogP contribution in [-0.2, 0) is 11.3 Å². The molecule has 0 radical (unpaired) electrons. The Bertz CT molecular complexity index is 220. The predicted octanol–water partition coefficient (Wildman–Crippen LogP) is 0.631. The Morgan fingerprint density at radius 1 is 1.67 bits per heavy atom. The maximum absolute atomic E-state index is 9.00. The highest BCUT2D eigenvalue weighted by Gasteiger charge is 1.81. The third-order valence-electron chi connectivity index (χ3n) is 0.935. The van der Waals surface area contributed by atoms with E-state index in [9.17, 15) is 0 Å². The van der Waals surface area contributed by atoms with Gasteiger partial charge in [-0.25, -0.2) is 0 Å². The Kier molecular flexibility index (Phi) is 5.55. The van der Waals surface area contributed by atoms with Gasteiger partial charge in [0.25, 0.3) is 5.97 Å². The van der Waals surface area contributed by atoms with E-state index in [1.54, 1.807) is 6.20 Å². The van der Waals surface area contributed by atoms with Gasteiger partial charge in [0.15, 0.2) is 0 Å². The SMILES string of the molecule is CC(=O)O.NCc1ccccn1. The molecule has 0 fully saturated rings. The van der Waals surface area contributed by atoms with Crippen LogP contribution in [0.4, 0.5) is 0 Å². The largest absolute Gasteiger partial charge is 0.481 e. The molecule has 0 amide bonds. The lowest BCUT2D eigenvalue weighted by atomic mass is 10.4. The zero-order chi connectivity index (χ0) is 9.40. The van der Waals surface area contributed by atoms with Crippen LogP contribution in [0, 0.1) is 0 Å². The summed E-state index contributed by atoms with van der Waals surface area (Å²) in [6.45, 7) is 1.61. The highest BCUT2D eigenvalue weighted by molar-refractivity contribution is 5.62. The number of hydrogen-bond acceptors (Lipinski definition) is 3. The van der Waals surface area contributed by atoms with Crippen LogP contribution in [0.2, 0.25) is 0 Å². The van der Waals surface area contributed by atoms with Gasteiger partial charge in [0.2, 0.25) is 0 Å². The molecule has 0 atom stereocenters. The maximum Gasteiger partial charge on any atom is 0.300 e. The van der Waals surface area contributed by atoms with Crippen LogP contribution in [0.5, 0.6) is 0 Å². The van der Waals surface area contributed by atoms with Gasteiger partial charge < -0.3 is 10.8 Å².